The van der Waals surface area contributed by atoms with E-state index in [-0.39, 0.29) is 5.69 Å². The highest BCUT2D eigenvalue weighted by atomic mass is 35.5. The van der Waals surface area contributed by atoms with Crippen molar-refractivity contribution in [1.82, 2.24) is 4.98 Å². The molecular formula is C8H5ClF5NO. The van der Waals surface area contributed by atoms with Crippen molar-refractivity contribution < 1.29 is 26.7 Å². The highest BCUT2D eigenvalue weighted by molar-refractivity contribution is 6.31. The van der Waals surface area contributed by atoms with Crippen LogP contribution in [0, 0.1) is 6.92 Å². The second-order valence-electron chi connectivity index (χ2n) is 2.79. The molecule has 90 valence electrons. The molecule has 2 nitrogen and oxygen atoms in total. The van der Waals surface area contributed by atoms with Crippen LogP contribution < -0.4 is 4.74 Å². The van der Waals surface area contributed by atoms with E-state index >= 15 is 0 Å². The number of alkyl halides is 5. The molecule has 0 aromatic carbocycles. The molecule has 0 saturated carbocycles. The predicted molar refractivity (Wildman–Crippen MR) is 45.6 cm³/mol. The van der Waals surface area contributed by atoms with Crippen molar-refractivity contribution in [3.05, 3.63) is 22.3 Å². The third-order valence-electron chi connectivity index (χ3n) is 1.61. The summed E-state index contributed by atoms with van der Waals surface area (Å²) in [6.07, 6.45) is -7.84. The molecule has 0 atom stereocenters. The van der Waals surface area contributed by atoms with Gasteiger partial charge in [0.2, 0.25) is 5.88 Å². The molecule has 1 aromatic rings. The monoisotopic (exact) mass is 261 g/mol. The van der Waals surface area contributed by atoms with Gasteiger partial charge in [-0.25, -0.2) is 13.8 Å². The zero-order valence-corrected chi connectivity index (χ0v) is 8.53. The Balaban J connectivity index is 3.10. The van der Waals surface area contributed by atoms with Crippen molar-refractivity contribution in [2.75, 3.05) is 0 Å². The lowest BCUT2D eigenvalue weighted by molar-refractivity contribution is -0.276. The van der Waals surface area contributed by atoms with Crippen molar-refractivity contribution in [1.29, 1.82) is 0 Å². The summed E-state index contributed by atoms with van der Waals surface area (Å²) < 4.78 is 63.6. The Hall–Kier alpha value is -1.11. The van der Waals surface area contributed by atoms with Crippen molar-refractivity contribution in [2.45, 2.75) is 19.7 Å². The van der Waals surface area contributed by atoms with Gasteiger partial charge in [-0.1, -0.05) is 11.6 Å². The summed E-state index contributed by atoms with van der Waals surface area (Å²) in [6.45, 7) is 1.12. The molecule has 0 N–H and O–H groups in total. The van der Waals surface area contributed by atoms with E-state index < -0.39 is 29.3 Å². The van der Waals surface area contributed by atoms with Gasteiger partial charge in [0, 0.05) is 6.07 Å². The van der Waals surface area contributed by atoms with E-state index in [4.69, 9.17) is 11.6 Å². The molecule has 16 heavy (non-hydrogen) atoms. The average Bonchev–Trinajstić information content (AvgIpc) is 1.96. The van der Waals surface area contributed by atoms with Gasteiger partial charge in [-0.3, -0.25) is 0 Å². The summed E-state index contributed by atoms with van der Waals surface area (Å²) in [5, 5.41) is -0.512. The molecule has 0 aliphatic heterocycles. The van der Waals surface area contributed by atoms with Crippen LogP contribution in [0.25, 0.3) is 0 Å². The van der Waals surface area contributed by atoms with Crippen molar-refractivity contribution >= 4 is 11.6 Å². The van der Waals surface area contributed by atoms with Gasteiger partial charge in [0.25, 0.3) is 6.43 Å². The number of aryl methyl sites for hydroxylation is 1. The number of hydrogen-bond acceptors (Lipinski definition) is 2. The van der Waals surface area contributed by atoms with Crippen LogP contribution in [-0.2, 0) is 0 Å². The van der Waals surface area contributed by atoms with Gasteiger partial charge in [-0.15, -0.1) is 13.2 Å². The van der Waals surface area contributed by atoms with E-state index in [1.807, 2.05) is 0 Å². The second-order valence-corrected chi connectivity index (χ2v) is 3.20. The molecule has 0 saturated heterocycles. The molecule has 8 heteroatoms. The maximum Gasteiger partial charge on any atom is 0.574 e. The molecule has 0 unspecified atom stereocenters. The standard InChI is InChI=1S/C8H5ClF5NO/c1-3-6(7(10)11)4(9)2-5(15-3)16-8(12,13)14/h2,7H,1H3. The van der Waals surface area contributed by atoms with E-state index in [9.17, 15) is 22.0 Å². The van der Waals surface area contributed by atoms with Crippen molar-refractivity contribution in [3.63, 3.8) is 0 Å². The third kappa shape index (κ3) is 3.19. The molecule has 0 aliphatic carbocycles. The summed E-state index contributed by atoms with van der Waals surface area (Å²) >= 11 is 5.39. The molecule has 0 radical (unpaired) electrons. The molecule has 0 fully saturated rings. The fraction of sp³-hybridized carbons (Fsp3) is 0.375. The van der Waals surface area contributed by atoms with Crippen LogP contribution in [0.3, 0.4) is 0 Å². The van der Waals surface area contributed by atoms with Crippen molar-refractivity contribution in [3.8, 4) is 5.88 Å². The topological polar surface area (TPSA) is 22.1 Å². The molecule has 0 bridgehead atoms. The van der Waals surface area contributed by atoms with Gasteiger partial charge in [0.1, 0.15) is 0 Å². The molecule has 1 heterocycles. The lowest BCUT2D eigenvalue weighted by Gasteiger charge is -2.11. The minimum Gasteiger partial charge on any atom is -0.388 e. The smallest absolute Gasteiger partial charge is 0.388 e. The normalized spacial score (nSPS) is 12.0. The fourth-order valence-electron chi connectivity index (χ4n) is 1.05. The zero-order chi connectivity index (χ0) is 12.5. The van der Waals surface area contributed by atoms with Crippen LogP contribution >= 0.6 is 11.6 Å². The van der Waals surface area contributed by atoms with Gasteiger partial charge in [0.05, 0.1) is 16.3 Å². The predicted octanol–water partition coefficient (Wildman–Crippen LogP) is 3.88. The molecular weight excluding hydrogens is 257 g/mol. The Labute approximate surface area is 92.0 Å². The number of pyridine rings is 1. The Morgan fingerprint density at radius 3 is 2.31 bits per heavy atom. The molecule has 1 aromatic heterocycles. The van der Waals surface area contributed by atoms with Gasteiger partial charge in [0.15, 0.2) is 0 Å². The van der Waals surface area contributed by atoms with E-state index in [2.05, 4.69) is 9.72 Å². The van der Waals surface area contributed by atoms with E-state index in [1.54, 1.807) is 0 Å². The van der Waals surface area contributed by atoms with Crippen LogP contribution in [0.1, 0.15) is 17.7 Å². The maximum absolute atomic E-state index is 12.4. The van der Waals surface area contributed by atoms with E-state index in [0.29, 0.717) is 6.07 Å². The summed E-state index contributed by atoms with van der Waals surface area (Å²) in [7, 11) is 0. The average molecular weight is 262 g/mol. The SMILES string of the molecule is Cc1nc(OC(F)(F)F)cc(Cl)c1C(F)F. The lowest BCUT2D eigenvalue weighted by atomic mass is 10.2. The number of nitrogens with zero attached hydrogens (tertiary/aromatic N) is 1. The fourth-order valence-corrected chi connectivity index (χ4v) is 1.36. The van der Waals surface area contributed by atoms with E-state index in [1.165, 1.54) is 0 Å². The van der Waals surface area contributed by atoms with Crippen molar-refractivity contribution in [2.24, 2.45) is 0 Å². The number of hydrogen-bond donors (Lipinski definition) is 0. The van der Waals surface area contributed by atoms with Crippen LogP contribution in [0.15, 0.2) is 6.07 Å². The van der Waals surface area contributed by atoms with Gasteiger partial charge < -0.3 is 4.74 Å². The summed E-state index contributed by atoms with van der Waals surface area (Å²) in [4.78, 5) is 3.23. The quantitative estimate of drug-likeness (QED) is 0.754. The third-order valence-corrected chi connectivity index (χ3v) is 1.93. The lowest BCUT2D eigenvalue weighted by Crippen LogP contribution is -2.18. The minimum absolute atomic E-state index is 0.304. The zero-order valence-electron chi connectivity index (χ0n) is 7.78. The highest BCUT2D eigenvalue weighted by Gasteiger charge is 2.32. The van der Waals surface area contributed by atoms with Crippen LogP contribution in [0.2, 0.25) is 5.02 Å². The minimum atomic E-state index is -4.94. The Morgan fingerprint density at radius 1 is 1.38 bits per heavy atom. The number of aromatic nitrogens is 1. The second kappa shape index (κ2) is 4.40. The first-order valence-corrected chi connectivity index (χ1v) is 4.29. The first-order chi connectivity index (χ1) is 7.20. The molecule has 0 spiro atoms. The van der Waals surface area contributed by atoms with Gasteiger partial charge >= 0.3 is 6.36 Å². The van der Waals surface area contributed by atoms with Crippen LogP contribution in [-0.4, -0.2) is 11.3 Å². The molecule has 0 amide bonds. The Morgan fingerprint density at radius 2 is 1.94 bits per heavy atom. The van der Waals surface area contributed by atoms with E-state index in [0.717, 1.165) is 6.92 Å². The first-order valence-electron chi connectivity index (χ1n) is 3.91. The molecule has 1 rings (SSSR count). The van der Waals surface area contributed by atoms with Crippen LogP contribution in [0.4, 0.5) is 22.0 Å². The summed E-state index contributed by atoms with van der Waals surface area (Å²) in [5.74, 6) is -0.862. The number of ether oxygens (including phenoxy) is 1. The maximum atomic E-state index is 12.4. The Bertz CT molecular complexity index is 370. The summed E-state index contributed by atoms with van der Waals surface area (Å²) in [5.41, 5.74) is -0.905. The van der Waals surface area contributed by atoms with Gasteiger partial charge in [-0.05, 0) is 6.92 Å². The summed E-state index contributed by atoms with van der Waals surface area (Å²) in [6, 6.07) is 0.601. The largest absolute Gasteiger partial charge is 0.574 e. The highest BCUT2D eigenvalue weighted by Crippen LogP contribution is 2.33. The van der Waals surface area contributed by atoms with Gasteiger partial charge in [-0.2, -0.15) is 0 Å². The number of rotatable bonds is 2. The molecule has 0 aliphatic rings. The Kier molecular flexibility index (Phi) is 3.57. The van der Waals surface area contributed by atoms with Crippen LogP contribution in [0.5, 0.6) is 5.88 Å². The number of halogens is 6. The first kappa shape index (κ1) is 13.0.